The second-order valence-electron chi connectivity index (χ2n) is 11.5. The van der Waals surface area contributed by atoms with E-state index in [0.717, 1.165) is 24.0 Å². The lowest BCUT2D eigenvalue weighted by atomic mass is 10.1. The number of hydrogen-bond acceptors (Lipinski definition) is 12. The molecule has 0 aromatic carbocycles. The van der Waals surface area contributed by atoms with Crippen molar-refractivity contribution in [3.8, 4) is 28.3 Å². The molecule has 2 fully saturated rings. The van der Waals surface area contributed by atoms with Crippen LogP contribution in [0.1, 0.15) is 33.6 Å². The maximum atomic E-state index is 12.9. The molecule has 0 bridgehead atoms. The van der Waals surface area contributed by atoms with Crippen molar-refractivity contribution < 1.29 is 19.0 Å². The van der Waals surface area contributed by atoms with E-state index in [4.69, 9.17) is 14.2 Å². The van der Waals surface area contributed by atoms with E-state index in [9.17, 15) is 4.79 Å². The highest BCUT2D eigenvalue weighted by molar-refractivity contribution is 5.78. The van der Waals surface area contributed by atoms with Gasteiger partial charge in [-0.05, 0) is 51.7 Å². The molecular weight excluding hydrogens is 540 g/mol. The Morgan fingerprint density at radius 1 is 1.00 bits per heavy atom. The number of piperazine rings is 1. The Labute approximate surface area is 243 Å². The first kappa shape index (κ1) is 27.7. The van der Waals surface area contributed by atoms with Crippen LogP contribution in [-0.2, 0) is 16.5 Å². The van der Waals surface area contributed by atoms with Crippen molar-refractivity contribution in [1.29, 1.82) is 0 Å². The quantitative estimate of drug-likeness (QED) is 0.299. The van der Waals surface area contributed by atoms with Gasteiger partial charge in [-0.2, -0.15) is 9.90 Å². The van der Waals surface area contributed by atoms with Crippen LogP contribution in [0.2, 0.25) is 0 Å². The van der Waals surface area contributed by atoms with E-state index in [1.165, 1.54) is 4.80 Å². The van der Waals surface area contributed by atoms with E-state index in [1.807, 2.05) is 37.8 Å². The van der Waals surface area contributed by atoms with Crippen LogP contribution >= 0.6 is 0 Å². The summed E-state index contributed by atoms with van der Waals surface area (Å²) >= 11 is 0. The van der Waals surface area contributed by atoms with Crippen molar-refractivity contribution in [2.24, 2.45) is 13.0 Å². The first-order chi connectivity index (χ1) is 20.2. The molecule has 0 N–H and O–H groups in total. The molecule has 1 saturated carbocycles. The normalized spacial score (nSPS) is 17.5. The van der Waals surface area contributed by atoms with Gasteiger partial charge in [-0.15, -0.1) is 15.3 Å². The lowest BCUT2D eigenvalue weighted by Crippen LogP contribution is -2.57. The zero-order valence-corrected chi connectivity index (χ0v) is 24.4. The van der Waals surface area contributed by atoms with Crippen LogP contribution in [0.15, 0.2) is 30.7 Å². The second-order valence-corrected chi connectivity index (χ2v) is 11.5. The number of ether oxygens (including phenoxy) is 3. The highest BCUT2D eigenvalue weighted by Gasteiger charge is 2.42. The lowest BCUT2D eigenvalue weighted by Gasteiger charge is -2.41. The summed E-state index contributed by atoms with van der Waals surface area (Å²) in [7, 11) is 3.31. The van der Waals surface area contributed by atoms with Crippen LogP contribution in [0, 0.1) is 5.92 Å². The van der Waals surface area contributed by atoms with Gasteiger partial charge < -0.3 is 24.0 Å². The Morgan fingerprint density at radius 3 is 2.50 bits per heavy atom. The van der Waals surface area contributed by atoms with Gasteiger partial charge in [-0.25, -0.2) is 19.7 Å². The average molecular weight is 575 g/mol. The summed E-state index contributed by atoms with van der Waals surface area (Å²) in [6, 6.07) is 3.81. The fourth-order valence-corrected chi connectivity index (χ4v) is 5.04. The van der Waals surface area contributed by atoms with Gasteiger partial charge in [-0.3, -0.25) is 0 Å². The van der Waals surface area contributed by atoms with Gasteiger partial charge >= 0.3 is 6.09 Å². The fourth-order valence-electron chi connectivity index (χ4n) is 5.04. The van der Waals surface area contributed by atoms with Gasteiger partial charge in [0.15, 0.2) is 12.5 Å². The SMILES string of the molecule is COCOc1cc(-c2cnc3nn(C)nc3c2)cnc1-c1cnc(N2CCN(C(=O)OC(C)(C)C)[C@@H](C3CC3)C2)nn1. The monoisotopic (exact) mass is 574 g/mol. The van der Waals surface area contributed by atoms with E-state index in [-0.39, 0.29) is 18.9 Å². The fraction of sp³-hybridized carbons (Fsp3) is 0.500. The van der Waals surface area contributed by atoms with Crippen LogP contribution in [0.25, 0.3) is 33.7 Å². The summed E-state index contributed by atoms with van der Waals surface area (Å²) in [5.41, 5.74) is 3.27. The maximum Gasteiger partial charge on any atom is 0.410 e. The Morgan fingerprint density at radius 2 is 1.79 bits per heavy atom. The molecule has 4 aromatic rings. The largest absolute Gasteiger partial charge is 0.465 e. The molecule has 14 nitrogen and oxygen atoms in total. The molecule has 42 heavy (non-hydrogen) atoms. The Balaban J connectivity index is 1.22. The summed E-state index contributed by atoms with van der Waals surface area (Å²) in [4.78, 5) is 32.0. The van der Waals surface area contributed by atoms with Crippen LogP contribution in [0.5, 0.6) is 5.75 Å². The van der Waals surface area contributed by atoms with Gasteiger partial charge in [0.2, 0.25) is 11.6 Å². The molecule has 0 radical (unpaired) electrons. The number of rotatable bonds is 7. The summed E-state index contributed by atoms with van der Waals surface area (Å²) < 4.78 is 16.7. The zero-order chi connectivity index (χ0) is 29.4. The third kappa shape index (κ3) is 5.93. The number of methoxy groups -OCH3 is 1. The van der Waals surface area contributed by atoms with Crippen LogP contribution in [0.4, 0.5) is 10.7 Å². The smallest absolute Gasteiger partial charge is 0.410 e. The van der Waals surface area contributed by atoms with E-state index in [2.05, 4.69) is 40.2 Å². The second kappa shape index (κ2) is 11.1. The molecule has 14 heteroatoms. The Hall–Kier alpha value is -4.46. The van der Waals surface area contributed by atoms with Crippen LogP contribution in [0.3, 0.4) is 0 Å². The minimum atomic E-state index is -0.537. The molecule has 2 aliphatic rings. The van der Waals surface area contributed by atoms with E-state index in [1.54, 1.807) is 32.7 Å². The van der Waals surface area contributed by atoms with Gasteiger partial charge in [0.25, 0.3) is 0 Å². The van der Waals surface area contributed by atoms with Crippen molar-refractivity contribution in [1.82, 2.24) is 45.0 Å². The standard InChI is InChI=1S/C28H34N10O4/c1-28(2,3)42-27(39)38-9-8-37(15-22(38)17-6-7-17)26-31-14-21(32-33-26)24-23(41-16-40-5)11-19(12-29-24)18-10-20-25(30-13-18)35-36(4)34-20/h10-14,17,22H,6-9,15-16H2,1-5H3/t22-/m1/s1. The van der Waals surface area contributed by atoms with Crippen LogP contribution in [-0.4, -0.2) is 96.3 Å². The van der Waals surface area contributed by atoms with Gasteiger partial charge in [-0.1, -0.05) is 0 Å². The zero-order valence-electron chi connectivity index (χ0n) is 24.4. The summed E-state index contributed by atoms with van der Waals surface area (Å²) in [5.74, 6) is 1.44. The summed E-state index contributed by atoms with van der Waals surface area (Å²) in [6.45, 7) is 7.44. The molecule has 1 aliphatic heterocycles. The van der Waals surface area contributed by atoms with Crippen molar-refractivity contribution in [2.75, 3.05) is 38.4 Å². The Bertz CT molecular complexity index is 1580. The number of hydrogen-bond donors (Lipinski definition) is 0. The minimum absolute atomic E-state index is 0.0308. The number of carbonyl (C=O) groups excluding carboxylic acids is 1. The van der Waals surface area contributed by atoms with E-state index in [0.29, 0.717) is 59.8 Å². The number of nitrogens with zero attached hydrogens (tertiary/aromatic N) is 10. The lowest BCUT2D eigenvalue weighted by molar-refractivity contribution is 0.0115. The van der Waals surface area contributed by atoms with Crippen molar-refractivity contribution in [3.63, 3.8) is 0 Å². The first-order valence-corrected chi connectivity index (χ1v) is 13.9. The predicted octanol–water partition coefficient (Wildman–Crippen LogP) is 3.10. The molecule has 220 valence electrons. The molecule has 1 amide bonds. The number of amides is 1. The molecule has 4 aromatic heterocycles. The van der Waals surface area contributed by atoms with Gasteiger partial charge in [0.1, 0.15) is 22.5 Å². The molecular formula is C28H34N10O4. The average Bonchev–Trinajstić information content (AvgIpc) is 3.75. The number of anilines is 1. The molecule has 5 heterocycles. The van der Waals surface area contributed by atoms with Crippen LogP contribution < -0.4 is 9.64 Å². The van der Waals surface area contributed by atoms with Gasteiger partial charge in [0.05, 0.1) is 12.2 Å². The molecule has 0 spiro atoms. The molecule has 6 rings (SSSR count). The topological polar surface area (TPSA) is 146 Å². The number of fused-ring (bicyclic) bond motifs is 1. The van der Waals surface area contributed by atoms with E-state index >= 15 is 0 Å². The highest BCUT2D eigenvalue weighted by atomic mass is 16.7. The third-order valence-corrected chi connectivity index (χ3v) is 7.15. The van der Waals surface area contributed by atoms with E-state index < -0.39 is 5.60 Å². The number of pyridine rings is 2. The summed E-state index contributed by atoms with van der Waals surface area (Å²) in [6.07, 6.45) is 7.03. The third-order valence-electron chi connectivity index (χ3n) is 7.15. The molecule has 0 unspecified atom stereocenters. The number of carbonyl (C=O) groups is 1. The predicted molar refractivity (Wildman–Crippen MR) is 153 cm³/mol. The first-order valence-electron chi connectivity index (χ1n) is 13.9. The van der Waals surface area contributed by atoms with Crippen molar-refractivity contribution in [2.45, 2.75) is 45.3 Å². The molecule has 1 aliphatic carbocycles. The highest BCUT2D eigenvalue weighted by Crippen LogP contribution is 2.38. The van der Waals surface area contributed by atoms with Crippen molar-refractivity contribution in [3.05, 3.63) is 30.7 Å². The van der Waals surface area contributed by atoms with Crippen molar-refractivity contribution >= 4 is 23.2 Å². The molecule has 1 atom stereocenters. The number of aromatic nitrogens is 8. The number of aryl methyl sites for hydroxylation is 1. The maximum absolute atomic E-state index is 12.9. The summed E-state index contributed by atoms with van der Waals surface area (Å²) in [5, 5.41) is 17.5. The minimum Gasteiger partial charge on any atom is -0.465 e. The molecule has 1 saturated heterocycles. The van der Waals surface area contributed by atoms with Gasteiger partial charge in [0, 0.05) is 57.3 Å². The Kier molecular flexibility index (Phi) is 7.31.